The zero-order valence-electron chi connectivity index (χ0n) is 14.3. The molecule has 1 rings (SSSR count). The molecule has 0 aliphatic heterocycles. The lowest BCUT2D eigenvalue weighted by atomic mass is 9.84. The minimum atomic E-state index is 0.118. The summed E-state index contributed by atoms with van der Waals surface area (Å²) in [6.45, 7) is 10.0. The molecular formula is C18H37NO. The lowest BCUT2D eigenvalue weighted by molar-refractivity contribution is -0.109. The topological polar surface area (TPSA) is 21.3 Å². The second kappa shape index (κ2) is 9.78. The first-order valence-corrected chi connectivity index (χ1v) is 8.99. The molecule has 0 aromatic rings. The van der Waals surface area contributed by atoms with Crippen LogP contribution in [0.15, 0.2) is 0 Å². The van der Waals surface area contributed by atoms with Crippen LogP contribution in [0.1, 0.15) is 91.9 Å². The first kappa shape index (κ1) is 18.0. The molecule has 0 aromatic carbocycles. The van der Waals surface area contributed by atoms with Crippen LogP contribution in [-0.2, 0) is 4.74 Å². The standard InChI is InChI=1S/C18H37NO/c1-5-6-7-9-12-17(4)20-18(15-19-16(2)3)13-10-8-11-14-18/h16-17,19H,5-15H2,1-4H3. The van der Waals surface area contributed by atoms with Crippen molar-refractivity contribution >= 4 is 0 Å². The summed E-state index contributed by atoms with van der Waals surface area (Å²) in [4.78, 5) is 0. The molecule has 1 atom stereocenters. The number of nitrogens with one attached hydrogen (secondary N) is 1. The maximum absolute atomic E-state index is 6.55. The average Bonchev–Trinajstić information content (AvgIpc) is 2.43. The van der Waals surface area contributed by atoms with E-state index in [1.54, 1.807) is 0 Å². The molecule has 2 heteroatoms. The zero-order chi connectivity index (χ0) is 14.8. The molecule has 1 N–H and O–H groups in total. The van der Waals surface area contributed by atoms with Crippen molar-refractivity contribution in [2.24, 2.45) is 0 Å². The second-order valence-electron chi connectivity index (χ2n) is 7.06. The number of unbranched alkanes of at least 4 members (excludes halogenated alkanes) is 3. The molecule has 1 saturated carbocycles. The van der Waals surface area contributed by atoms with Crippen molar-refractivity contribution in [3.63, 3.8) is 0 Å². The van der Waals surface area contributed by atoms with Crippen LogP contribution in [0, 0.1) is 0 Å². The number of hydrogen-bond acceptors (Lipinski definition) is 2. The molecule has 0 saturated heterocycles. The summed E-state index contributed by atoms with van der Waals surface area (Å²) < 4.78 is 6.55. The van der Waals surface area contributed by atoms with Gasteiger partial charge in [0.15, 0.2) is 0 Å². The van der Waals surface area contributed by atoms with Crippen LogP contribution < -0.4 is 5.32 Å². The van der Waals surface area contributed by atoms with E-state index in [1.165, 1.54) is 64.2 Å². The van der Waals surface area contributed by atoms with Gasteiger partial charge in [-0.2, -0.15) is 0 Å². The Morgan fingerprint density at radius 3 is 2.30 bits per heavy atom. The molecule has 2 nitrogen and oxygen atoms in total. The highest BCUT2D eigenvalue weighted by Crippen LogP contribution is 2.33. The SMILES string of the molecule is CCCCCCC(C)OC1(CNC(C)C)CCCCC1. The van der Waals surface area contributed by atoms with Gasteiger partial charge < -0.3 is 10.1 Å². The van der Waals surface area contributed by atoms with E-state index in [4.69, 9.17) is 4.74 Å². The number of rotatable bonds is 10. The summed E-state index contributed by atoms with van der Waals surface area (Å²) in [6.07, 6.45) is 13.6. The normalized spacial score (nSPS) is 20.2. The summed E-state index contributed by atoms with van der Waals surface area (Å²) in [5, 5.41) is 3.61. The van der Waals surface area contributed by atoms with Crippen LogP contribution in [0.2, 0.25) is 0 Å². The van der Waals surface area contributed by atoms with Gasteiger partial charge in [-0.25, -0.2) is 0 Å². The minimum absolute atomic E-state index is 0.118. The maximum Gasteiger partial charge on any atom is 0.0810 e. The van der Waals surface area contributed by atoms with Gasteiger partial charge in [0.25, 0.3) is 0 Å². The van der Waals surface area contributed by atoms with Crippen LogP contribution in [-0.4, -0.2) is 24.3 Å². The fraction of sp³-hybridized carbons (Fsp3) is 1.00. The van der Waals surface area contributed by atoms with Gasteiger partial charge in [-0.15, -0.1) is 0 Å². The monoisotopic (exact) mass is 283 g/mol. The molecule has 1 fully saturated rings. The van der Waals surface area contributed by atoms with Crippen molar-refractivity contribution in [3.8, 4) is 0 Å². The van der Waals surface area contributed by atoms with Crippen LogP contribution in [0.25, 0.3) is 0 Å². The van der Waals surface area contributed by atoms with Crippen molar-refractivity contribution in [1.82, 2.24) is 5.32 Å². The largest absolute Gasteiger partial charge is 0.371 e. The van der Waals surface area contributed by atoms with Gasteiger partial charge in [-0.3, -0.25) is 0 Å². The Morgan fingerprint density at radius 2 is 1.70 bits per heavy atom. The Balaban J connectivity index is 2.38. The fourth-order valence-corrected chi connectivity index (χ4v) is 3.27. The smallest absolute Gasteiger partial charge is 0.0810 e. The molecule has 1 aliphatic rings. The van der Waals surface area contributed by atoms with Gasteiger partial charge >= 0.3 is 0 Å². The van der Waals surface area contributed by atoms with E-state index in [9.17, 15) is 0 Å². The van der Waals surface area contributed by atoms with Gasteiger partial charge in [0, 0.05) is 12.6 Å². The lowest BCUT2D eigenvalue weighted by Crippen LogP contribution is -2.48. The van der Waals surface area contributed by atoms with Crippen molar-refractivity contribution < 1.29 is 4.74 Å². The Kier molecular flexibility index (Phi) is 8.79. The number of hydrogen-bond donors (Lipinski definition) is 1. The van der Waals surface area contributed by atoms with Crippen LogP contribution in [0.3, 0.4) is 0 Å². The zero-order valence-corrected chi connectivity index (χ0v) is 14.3. The molecular weight excluding hydrogens is 246 g/mol. The van der Waals surface area contributed by atoms with Crippen molar-refractivity contribution in [1.29, 1.82) is 0 Å². The van der Waals surface area contributed by atoms with E-state index in [0.29, 0.717) is 12.1 Å². The lowest BCUT2D eigenvalue weighted by Gasteiger charge is -2.40. The van der Waals surface area contributed by atoms with Gasteiger partial charge in [-0.05, 0) is 26.2 Å². The molecule has 120 valence electrons. The van der Waals surface area contributed by atoms with E-state index >= 15 is 0 Å². The van der Waals surface area contributed by atoms with Gasteiger partial charge in [-0.1, -0.05) is 65.7 Å². The van der Waals surface area contributed by atoms with Gasteiger partial charge in [0.1, 0.15) is 0 Å². The molecule has 0 spiro atoms. The quantitative estimate of drug-likeness (QED) is 0.566. The Hall–Kier alpha value is -0.0800. The molecule has 0 heterocycles. The summed E-state index contributed by atoms with van der Waals surface area (Å²) in [5.74, 6) is 0. The summed E-state index contributed by atoms with van der Waals surface area (Å²) in [5.41, 5.74) is 0.118. The predicted octanol–water partition coefficient (Wildman–Crippen LogP) is 5.06. The minimum Gasteiger partial charge on any atom is -0.371 e. The summed E-state index contributed by atoms with van der Waals surface area (Å²) in [7, 11) is 0. The van der Waals surface area contributed by atoms with Crippen molar-refractivity contribution in [2.75, 3.05) is 6.54 Å². The number of ether oxygens (including phenoxy) is 1. The van der Waals surface area contributed by atoms with Crippen molar-refractivity contribution in [2.45, 2.75) is 110 Å². The van der Waals surface area contributed by atoms with E-state index in [1.807, 2.05) is 0 Å². The molecule has 1 aliphatic carbocycles. The second-order valence-corrected chi connectivity index (χ2v) is 7.06. The highest BCUT2D eigenvalue weighted by Gasteiger charge is 2.34. The third-order valence-electron chi connectivity index (χ3n) is 4.51. The van der Waals surface area contributed by atoms with Gasteiger partial charge in [0.2, 0.25) is 0 Å². The third kappa shape index (κ3) is 7.08. The molecule has 0 bridgehead atoms. The Labute approximate surface area is 127 Å². The molecule has 0 aromatic heterocycles. The average molecular weight is 284 g/mol. The fourth-order valence-electron chi connectivity index (χ4n) is 3.27. The van der Waals surface area contributed by atoms with Crippen molar-refractivity contribution in [3.05, 3.63) is 0 Å². The maximum atomic E-state index is 6.55. The highest BCUT2D eigenvalue weighted by atomic mass is 16.5. The summed E-state index contributed by atoms with van der Waals surface area (Å²) >= 11 is 0. The molecule has 0 amide bonds. The third-order valence-corrected chi connectivity index (χ3v) is 4.51. The van der Waals surface area contributed by atoms with E-state index in [-0.39, 0.29) is 5.60 Å². The summed E-state index contributed by atoms with van der Waals surface area (Å²) in [6, 6.07) is 0.553. The van der Waals surface area contributed by atoms with E-state index < -0.39 is 0 Å². The molecule has 20 heavy (non-hydrogen) atoms. The molecule has 0 radical (unpaired) electrons. The van der Waals surface area contributed by atoms with Crippen LogP contribution >= 0.6 is 0 Å². The first-order chi connectivity index (χ1) is 9.58. The van der Waals surface area contributed by atoms with Crippen LogP contribution in [0.4, 0.5) is 0 Å². The highest BCUT2D eigenvalue weighted by molar-refractivity contribution is 4.88. The molecule has 1 unspecified atom stereocenters. The Bertz CT molecular complexity index is 234. The van der Waals surface area contributed by atoms with Gasteiger partial charge in [0.05, 0.1) is 11.7 Å². The first-order valence-electron chi connectivity index (χ1n) is 8.99. The van der Waals surface area contributed by atoms with E-state index in [0.717, 1.165) is 6.54 Å². The van der Waals surface area contributed by atoms with E-state index in [2.05, 4.69) is 33.0 Å². The Morgan fingerprint density at radius 1 is 1.00 bits per heavy atom. The predicted molar refractivity (Wildman–Crippen MR) is 88.3 cm³/mol. The van der Waals surface area contributed by atoms with Crippen LogP contribution in [0.5, 0.6) is 0 Å².